The second-order valence-electron chi connectivity index (χ2n) is 3.99. The third kappa shape index (κ3) is 3.29. The van der Waals surface area contributed by atoms with E-state index in [1.54, 1.807) is 26.2 Å². The average molecular weight is 275 g/mol. The van der Waals surface area contributed by atoms with E-state index in [0.29, 0.717) is 22.3 Å². The van der Waals surface area contributed by atoms with E-state index in [9.17, 15) is 9.90 Å². The van der Waals surface area contributed by atoms with E-state index in [4.69, 9.17) is 0 Å². The fraction of sp³-hybridized carbons (Fsp3) is 0.231. The van der Waals surface area contributed by atoms with E-state index >= 15 is 0 Å². The summed E-state index contributed by atoms with van der Waals surface area (Å²) >= 11 is 1.38. The number of hydrogen-bond acceptors (Lipinski definition) is 5. The van der Waals surface area contributed by atoms with Crippen molar-refractivity contribution in [2.45, 2.75) is 24.6 Å². The Bertz CT molecular complexity index is 602. The summed E-state index contributed by atoms with van der Waals surface area (Å²) in [5, 5.41) is 9.73. The molecule has 0 aliphatic rings. The van der Waals surface area contributed by atoms with Gasteiger partial charge < -0.3 is 5.11 Å². The van der Waals surface area contributed by atoms with Crippen molar-refractivity contribution in [1.82, 2.24) is 15.0 Å². The molecule has 2 aromatic heterocycles. The van der Waals surface area contributed by atoms with Crippen molar-refractivity contribution in [1.29, 1.82) is 0 Å². The number of pyridine rings is 1. The lowest BCUT2D eigenvalue weighted by Crippen LogP contribution is -2.08. The van der Waals surface area contributed by atoms with Crippen molar-refractivity contribution in [3.63, 3.8) is 0 Å². The predicted molar refractivity (Wildman–Crippen MR) is 72.3 cm³/mol. The van der Waals surface area contributed by atoms with E-state index in [1.165, 1.54) is 11.8 Å². The number of thioether (sulfide) groups is 1. The maximum absolute atomic E-state index is 11.3. The van der Waals surface area contributed by atoms with Gasteiger partial charge in [0, 0.05) is 18.1 Å². The summed E-state index contributed by atoms with van der Waals surface area (Å²) in [7, 11) is 0. The van der Waals surface area contributed by atoms with Crippen molar-refractivity contribution >= 4 is 17.7 Å². The van der Waals surface area contributed by atoms with Crippen LogP contribution in [0.25, 0.3) is 0 Å². The first kappa shape index (κ1) is 13.5. The van der Waals surface area contributed by atoms with Crippen LogP contribution in [0, 0.1) is 13.8 Å². The Morgan fingerprint density at radius 1 is 1.37 bits per heavy atom. The van der Waals surface area contributed by atoms with E-state index < -0.39 is 5.97 Å². The van der Waals surface area contributed by atoms with Gasteiger partial charge in [-0.05, 0) is 25.5 Å². The van der Waals surface area contributed by atoms with Crippen LogP contribution in [0.4, 0.5) is 0 Å². The normalized spacial score (nSPS) is 10.4. The molecule has 2 heterocycles. The predicted octanol–water partition coefficient (Wildman–Crippen LogP) is 2.48. The molecule has 0 fully saturated rings. The third-order valence-corrected chi connectivity index (χ3v) is 3.53. The van der Waals surface area contributed by atoms with Gasteiger partial charge in [0.25, 0.3) is 0 Å². The summed E-state index contributed by atoms with van der Waals surface area (Å²) in [6, 6.07) is 3.80. The van der Waals surface area contributed by atoms with Crippen LogP contribution in [0.15, 0.2) is 29.6 Å². The minimum atomic E-state index is -0.994. The highest BCUT2D eigenvalue weighted by molar-refractivity contribution is 7.98. The summed E-state index contributed by atoms with van der Waals surface area (Å²) in [5.74, 6) is 0.215. The van der Waals surface area contributed by atoms with Crippen LogP contribution in [0.1, 0.15) is 27.4 Å². The van der Waals surface area contributed by atoms with Gasteiger partial charge in [0.2, 0.25) is 0 Å². The van der Waals surface area contributed by atoms with Gasteiger partial charge in [0.05, 0.1) is 5.69 Å². The van der Waals surface area contributed by atoms with Gasteiger partial charge in [-0.1, -0.05) is 6.07 Å². The number of hydrogen-bond donors (Lipinski definition) is 1. The Kier molecular flexibility index (Phi) is 4.11. The number of carboxylic acid groups (broad SMARTS) is 1. The minimum absolute atomic E-state index is 0.180. The zero-order valence-electron chi connectivity index (χ0n) is 10.6. The number of nitrogens with zero attached hydrogens (tertiary/aromatic N) is 3. The zero-order valence-corrected chi connectivity index (χ0v) is 11.4. The Labute approximate surface area is 115 Å². The Morgan fingerprint density at radius 3 is 2.79 bits per heavy atom. The lowest BCUT2D eigenvalue weighted by atomic mass is 10.2. The highest BCUT2D eigenvalue weighted by Crippen LogP contribution is 2.25. The Balaban J connectivity index is 2.27. The molecule has 0 bridgehead atoms. The first-order valence-electron chi connectivity index (χ1n) is 5.68. The molecule has 0 radical (unpaired) electrons. The molecule has 2 rings (SSSR count). The summed E-state index contributed by atoms with van der Waals surface area (Å²) < 4.78 is 0. The fourth-order valence-electron chi connectivity index (χ4n) is 1.67. The lowest BCUT2D eigenvalue weighted by molar-refractivity contribution is 0.0690. The number of carboxylic acids is 1. The molecule has 0 unspecified atom stereocenters. The number of aromatic carboxylic acids is 1. The van der Waals surface area contributed by atoms with Gasteiger partial charge in [0.15, 0.2) is 0 Å². The molecule has 0 aromatic carbocycles. The van der Waals surface area contributed by atoms with Crippen LogP contribution in [0.5, 0.6) is 0 Å². The van der Waals surface area contributed by atoms with E-state index in [0.717, 1.165) is 5.56 Å². The highest BCUT2D eigenvalue weighted by atomic mass is 32.2. The first-order valence-corrected chi connectivity index (χ1v) is 6.66. The number of aryl methyl sites for hydroxylation is 2. The van der Waals surface area contributed by atoms with Gasteiger partial charge in [-0.25, -0.2) is 14.8 Å². The summed E-state index contributed by atoms with van der Waals surface area (Å²) in [5.41, 5.74) is 1.70. The van der Waals surface area contributed by atoms with Crippen molar-refractivity contribution in [2.75, 3.05) is 0 Å². The molecule has 0 atom stereocenters. The quantitative estimate of drug-likeness (QED) is 0.682. The first-order chi connectivity index (χ1) is 9.08. The molecule has 0 amide bonds. The van der Waals surface area contributed by atoms with Gasteiger partial charge in [-0.2, -0.15) is 0 Å². The maximum Gasteiger partial charge on any atom is 0.340 e. The number of carbonyl (C=O) groups is 1. The fourth-order valence-corrected chi connectivity index (χ4v) is 2.72. The van der Waals surface area contributed by atoms with E-state index in [1.807, 2.05) is 12.1 Å². The largest absolute Gasteiger partial charge is 0.478 e. The van der Waals surface area contributed by atoms with Crippen LogP contribution in [-0.2, 0) is 5.75 Å². The topological polar surface area (TPSA) is 76.0 Å². The third-order valence-electron chi connectivity index (χ3n) is 2.48. The van der Waals surface area contributed by atoms with E-state index in [2.05, 4.69) is 15.0 Å². The molecule has 0 aliphatic carbocycles. The van der Waals surface area contributed by atoms with Crippen LogP contribution in [-0.4, -0.2) is 26.0 Å². The summed E-state index contributed by atoms with van der Waals surface area (Å²) in [6.45, 7) is 3.44. The van der Waals surface area contributed by atoms with E-state index in [-0.39, 0.29) is 5.56 Å². The van der Waals surface area contributed by atoms with Crippen LogP contribution >= 0.6 is 11.8 Å². The average Bonchev–Trinajstić information content (AvgIpc) is 2.36. The lowest BCUT2D eigenvalue weighted by Gasteiger charge is -2.08. The van der Waals surface area contributed by atoms with Crippen LogP contribution in [0.2, 0.25) is 0 Å². The monoisotopic (exact) mass is 275 g/mol. The number of rotatable bonds is 4. The Hall–Kier alpha value is -1.95. The second kappa shape index (κ2) is 5.79. The summed E-state index contributed by atoms with van der Waals surface area (Å²) in [4.78, 5) is 23.6. The molecule has 2 aromatic rings. The van der Waals surface area contributed by atoms with Crippen molar-refractivity contribution < 1.29 is 9.90 Å². The van der Waals surface area contributed by atoms with Crippen LogP contribution in [0.3, 0.4) is 0 Å². The number of aromatic nitrogens is 3. The molecule has 0 spiro atoms. The van der Waals surface area contributed by atoms with Gasteiger partial charge >= 0.3 is 5.97 Å². The highest BCUT2D eigenvalue weighted by Gasteiger charge is 2.17. The maximum atomic E-state index is 11.3. The Morgan fingerprint density at radius 2 is 2.16 bits per heavy atom. The minimum Gasteiger partial charge on any atom is -0.478 e. The molecular weight excluding hydrogens is 262 g/mol. The van der Waals surface area contributed by atoms with Gasteiger partial charge in [-0.15, -0.1) is 11.8 Å². The molecule has 1 N–H and O–H groups in total. The molecular formula is C13H13N3O2S. The van der Waals surface area contributed by atoms with Crippen molar-refractivity contribution in [3.05, 3.63) is 47.2 Å². The van der Waals surface area contributed by atoms with Gasteiger partial charge in [0.1, 0.15) is 16.4 Å². The SMILES string of the molecule is Cc1nc(C)c(C(=O)O)c(SCc2cccnc2)n1. The molecule has 19 heavy (non-hydrogen) atoms. The smallest absolute Gasteiger partial charge is 0.340 e. The van der Waals surface area contributed by atoms with Crippen molar-refractivity contribution in [3.8, 4) is 0 Å². The van der Waals surface area contributed by atoms with Crippen LogP contribution < -0.4 is 0 Å². The van der Waals surface area contributed by atoms with Crippen molar-refractivity contribution in [2.24, 2.45) is 0 Å². The van der Waals surface area contributed by atoms with Gasteiger partial charge in [-0.3, -0.25) is 4.98 Å². The second-order valence-corrected chi connectivity index (χ2v) is 4.96. The molecule has 0 aliphatic heterocycles. The molecule has 5 nitrogen and oxygen atoms in total. The standard InChI is InChI=1S/C13H13N3O2S/c1-8-11(13(17)18)12(16-9(2)15-8)19-7-10-4-3-5-14-6-10/h3-6H,7H2,1-2H3,(H,17,18). The molecule has 0 saturated carbocycles. The summed E-state index contributed by atoms with van der Waals surface area (Å²) in [6.07, 6.45) is 3.46. The molecule has 98 valence electrons. The zero-order chi connectivity index (χ0) is 13.8. The molecule has 6 heteroatoms. The molecule has 0 saturated heterocycles.